The van der Waals surface area contributed by atoms with Crippen LogP contribution in [0.2, 0.25) is 0 Å². The number of carboxylic acid groups (broad SMARTS) is 1. The average molecular weight is 353 g/mol. The molecule has 2 aromatic rings. The molecule has 26 heavy (non-hydrogen) atoms. The number of amides is 1. The first-order valence-corrected chi connectivity index (χ1v) is 9.03. The van der Waals surface area contributed by atoms with Gasteiger partial charge in [-0.15, -0.1) is 0 Å². The van der Waals surface area contributed by atoms with Crippen LogP contribution in [0.15, 0.2) is 36.4 Å². The van der Waals surface area contributed by atoms with E-state index in [0.29, 0.717) is 5.92 Å². The number of methoxy groups -OCH3 is 1. The number of benzene rings is 2. The first-order valence-electron chi connectivity index (χ1n) is 9.03. The average Bonchev–Trinajstić information content (AvgIpc) is 2.82. The third-order valence-corrected chi connectivity index (χ3v) is 5.33. The Morgan fingerprint density at radius 3 is 2.62 bits per heavy atom. The second-order valence-electron chi connectivity index (χ2n) is 8.08. The predicted octanol–water partition coefficient (Wildman–Crippen LogP) is 5.38. The Hall–Kier alpha value is -2.49. The van der Waals surface area contributed by atoms with Crippen molar-refractivity contribution in [2.75, 3.05) is 7.11 Å². The van der Waals surface area contributed by atoms with Crippen molar-refractivity contribution < 1.29 is 14.6 Å². The van der Waals surface area contributed by atoms with Crippen molar-refractivity contribution in [2.45, 2.75) is 46.1 Å². The molecule has 0 fully saturated rings. The Balaban J connectivity index is 2.11. The fraction of sp³-hybridized carbons (Fsp3) is 0.409. The molecule has 4 heteroatoms. The smallest absolute Gasteiger partial charge is 0.405 e. The predicted molar refractivity (Wildman–Crippen MR) is 104 cm³/mol. The van der Waals surface area contributed by atoms with Gasteiger partial charge in [-0.3, -0.25) is 0 Å². The summed E-state index contributed by atoms with van der Waals surface area (Å²) < 4.78 is 5.67. The summed E-state index contributed by atoms with van der Waals surface area (Å²) in [7, 11) is 1.66. The van der Waals surface area contributed by atoms with Crippen LogP contribution in [0, 0.1) is 5.41 Å². The molecule has 3 rings (SSSR count). The highest BCUT2D eigenvalue weighted by molar-refractivity contribution is 5.74. The van der Waals surface area contributed by atoms with Crippen LogP contribution in [0.25, 0.3) is 11.1 Å². The van der Waals surface area contributed by atoms with E-state index >= 15 is 0 Å². The molecule has 1 amide bonds. The van der Waals surface area contributed by atoms with Gasteiger partial charge in [-0.1, -0.05) is 52.0 Å². The van der Waals surface area contributed by atoms with Crippen LogP contribution in [0.1, 0.15) is 56.3 Å². The number of ether oxygens (including phenoxy) is 1. The molecule has 1 aliphatic carbocycles. The summed E-state index contributed by atoms with van der Waals surface area (Å²) in [6.07, 6.45) is -0.169. The van der Waals surface area contributed by atoms with Gasteiger partial charge in [0, 0.05) is 5.56 Å². The molecular weight excluding hydrogens is 326 g/mol. The highest BCUT2D eigenvalue weighted by atomic mass is 16.5. The fourth-order valence-electron chi connectivity index (χ4n) is 3.93. The Morgan fingerprint density at radius 1 is 1.27 bits per heavy atom. The molecule has 1 unspecified atom stereocenters. The summed E-state index contributed by atoms with van der Waals surface area (Å²) in [5.41, 5.74) is 5.49. The maximum atomic E-state index is 11.3. The lowest BCUT2D eigenvalue weighted by Crippen LogP contribution is -2.34. The molecule has 1 aliphatic rings. The molecule has 0 saturated carbocycles. The number of hydrogen-bond donors (Lipinski definition) is 2. The van der Waals surface area contributed by atoms with E-state index in [1.807, 2.05) is 6.07 Å². The number of hydrogen-bond acceptors (Lipinski definition) is 2. The highest BCUT2D eigenvalue weighted by Crippen LogP contribution is 2.48. The van der Waals surface area contributed by atoms with Gasteiger partial charge in [-0.2, -0.15) is 0 Å². The van der Waals surface area contributed by atoms with Crippen LogP contribution >= 0.6 is 0 Å². The van der Waals surface area contributed by atoms with Crippen molar-refractivity contribution in [3.63, 3.8) is 0 Å². The minimum absolute atomic E-state index is 0.176. The Labute approximate surface area is 155 Å². The van der Waals surface area contributed by atoms with Crippen molar-refractivity contribution in [1.29, 1.82) is 0 Å². The van der Waals surface area contributed by atoms with E-state index in [0.717, 1.165) is 28.9 Å². The lowest BCUT2D eigenvalue weighted by molar-refractivity contribution is 0.175. The third-order valence-electron chi connectivity index (χ3n) is 5.33. The normalized spacial score (nSPS) is 17.8. The minimum Gasteiger partial charge on any atom is -0.496 e. The number of fused-ring (bicyclic) bond motifs is 1. The maximum absolute atomic E-state index is 11.3. The van der Waals surface area contributed by atoms with Gasteiger partial charge < -0.3 is 15.2 Å². The van der Waals surface area contributed by atoms with Gasteiger partial charge >= 0.3 is 6.09 Å². The maximum Gasteiger partial charge on any atom is 0.405 e. The van der Waals surface area contributed by atoms with Gasteiger partial charge in [0.05, 0.1) is 13.2 Å². The molecule has 1 atom stereocenters. The van der Waals surface area contributed by atoms with Crippen molar-refractivity contribution in [1.82, 2.24) is 5.32 Å². The second-order valence-corrected chi connectivity index (χ2v) is 8.08. The molecule has 0 aromatic heterocycles. The van der Waals surface area contributed by atoms with Crippen LogP contribution in [0.3, 0.4) is 0 Å². The monoisotopic (exact) mass is 353 g/mol. The van der Waals surface area contributed by atoms with Gasteiger partial charge in [0.15, 0.2) is 0 Å². The van der Waals surface area contributed by atoms with Crippen molar-refractivity contribution in [2.24, 2.45) is 5.41 Å². The van der Waals surface area contributed by atoms with E-state index in [-0.39, 0.29) is 11.5 Å². The summed E-state index contributed by atoms with van der Waals surface area (Å²) in [6.45, 7) is 8.56. The lowest BCUT2D eigenvalue weighted by Gasteiger charge is -2.27. The topological polar surface area (TPSA) is 58.6 Å². The first-order chi connectivity index (χ1) is 12.2. The Morgan fingerprint density at radius 2 is 2.00 bits per heavy atom. The van der Waals surface area contributed by atoms with Crippen LogP contribution in [-0.2, 0) is 6.42 Å². The summed E-state index contributed by atoms with van der Waals surface area (Å²) >= 11 is 0. The largest absolute Gasteiger partial charge is 0.496 e. The van der Waals surface area contributed by atoms with E-state index in [2.05, 4.69) is 63.3 Å². The zero-order valence-corrected chi connectivity index (χ0v) is 16.1. The molecule has 4 nitrogen and oxygen atoms in total. The van der Waals surface area contributed by atoms with E-state index in [9.17, 15) is 9.90 Å². The molecule has 0 heterocycles. The minimum atomic E-state index is -0.997. The zero-order valence-electron chi connectivity index (χ0n) is 16.1. The molecule has 0 aliphatic heterocycles. The third kappa shape index (κ3) is 3.28. The number of rotatable bonds is 4. The summed E-state index contributed by atoms with van der Waals surface area (Å²) in [5, 5.41) is 11.9. The van der Waals surface area contributed by atoms with Crippen LogP contribution in [-0.4, -0.2) is 18.3 Å². The van der Waals surface area contributed by atoms with E-state index in [1.165, 1.54) is 11.1 Å². The van der Waals surface area contributed by atoms with Crippen molar-refractivity contribution >= 4 is 6.09 Å². The molecular formula is C22H27NO3. The molecule has 0 radical (unpaired) electrons. The quantitative estimate of drug-likeness (QED) is 0.776. The Bertz CT molecular complexity index is 839. The van der Waals surface area contributed by atoms with Crippen LogP contribution in [0.5, 0.6) is 5.75 Å². The summed E-state index contributed by atoms with van der Waals surface area (Å²) in [4.78, 5) is 11.3. The number of nitrogens with one attached hydrogen (secondary N) is 1. The van der Waals surface area contributed by atoms with Gasteiger partial charge in [-0.25, -0.2) is 4.79 Å². The standard InChI is InChI=1S/C22H27NO3/c1-13(2)14-7-6-8-15(9-14)17-10-16-12-22(3,4)20(23-21(24)25)18(16)11-19(17)26-5/h6-11,13,20,23H,12H2,1-5H3,(H,24,25). The van der Waals surface area contributed by atoms with Gasteiger partial charge in [-0.05, 0) is 52.1 Å². The van der Waals surface area contributed by atoms with Crippen molar-refractivity contribution in [3.8, 4) is 16.9 Å². The van der Waals surface area contributed by atoms with E-state index in [4.69, 9.17) is 4.74 Å². The number of carbonyl (C=O) groups is 1. The van der Waals surface area contributed by atoms with Crippen LogP contribution < -0.4 is 10.1 Å². The molecule has 0 saturated heterocycles. The molecule has 2 aromatic carbocycles. The Kier molecular flexibility index (Phi) is 4.70. The van der Waals surface area contributed by atoms with Crippen LogP contribution in [0.4, 0.5) is 4.79 Å². The first kappa shape index (κ1) is 18.3. The summed E-state index contributed by atoms with van der Waals surface area (Å²) in [5.74, 6) is 1.23. The molecule has 138 valence electrons. The molecule has 0 spiro atoms. The van der Waals surface area contributed by atoms with Gasteiger partial charge in [0.2, 0.25) is 0 Å². The van der Waals surface area contributed by atoms with Gasteiger partial charge in [0.1, 0.15) is 5.75 Å². The van der Waals surface area contributed by atoms with E-state index < -0.39 is 6.09 Å². The summed E-state index contributed by atoms with van der Waals surface area (Å²) in [6, 6.07) is 12.5. The van der Waals surface area contributed by atoms with Crippen molar-refractivity contribution in [3.05, 3.63) is 53.1 Å². The SMILES string of the molecule is COc1cc2c(cc1-c1cccc(C(C)C)c1)CC(C)(C)C2NC(=O)O. The van der Waals surface area contributed by atoms with E-state index in [1.54, 1.807) is 7.11 Å². The second kappa shape index (κ2) is 6.67. The molecule has 2 N–H and O–H groups in total. The fourth-order valence-corrected chi connectivity index (χ4v) is 3.93. The zero-order chi connectivity index (χ0) is 19.1. The highest BCUT2D eigenvalue weighted by Gasteiger charge is 2.40. The lowest BCUT2D eigenvalue weighted by atomic mass is 9.85. The van der Waals surface area contributed by atoms with Gasteiger partial charge in [0.25, 0.3) is 0 Å². The molecule has 0 bridgehead atoms.